The molecule has 1 aromatic heterocycles. The number of aromatic carboxylic acids is 1. The van der Waals surface area contributed by atoms with Crippen LogP contribution < -0.4 is 17.0 Å². The summed E-state index contributed by atoms with van der Waals surface area (Å²) in [6.45, 7) is 0. The van der Waals surface area contributed by atoms with E-state index < -0.39 is 22.9 Å². The number of rotatable bonds is 2. The molecule has 18 heavy (non-hydrogen) atoms. The molecular weight excluding hydrogens is 240 g/mol. The average molecular weight is 248 g/mol. The smallest absolute Gasteiger partial charge is 0.362 e. The minimum absolute atomic E-state index is 0.299. The number of nitrogen functional groups attached to an aromatic ring is 1. The summed E-state index contributed by atoms with van der Waals surface area (Å²) in [6, 6.07) is 6.01. The van der Waals surface area contributed by atoms with Crippen molar-refractivity contribution in [3.8, 4) is 5.69 Å². The molecule has 1 heterocycles. The molecule has 0 aliphatic heterocycles. The van der Waals surface area contributed by atoms with Crippen molar-refractivity contribution in [1.29, 1.82) is 0 Å². The minimum atomic E-state index is -1.51. The van der Waals surface area contributed by atoms with Crippen LogP contribution in [0.4, 0.5) is 5.69 Å². The van der Waals surface area contributed by atoms with Gasteiger partial charge in [-0.25, -0.2) is 9.59 Å². The second kappa shape index (κ2) is 4.17. The molecule has 4 N–H and O–H groups in total. The van der Waals surface area contributed by atoms with Gasteiger partial charge in [0, 0.05) is 5.69 Å². The van der Waals surface area contributed by atoms with E-state index in [9.17, 15) is 14.4 Å². The van der Waals surface area contributed by atoms with Crippen molar-refractivity contribution in [2.45, 2.75) is 0 Å². The van der Waals surface area contributed by atoms with Crippen LogP contribution in [0.3, 0.4) is 0 Å². The summed E-state index contributed by atoms with van der Waals surface area (Å²) in [6.07, 6.45) is 0. The first-order valence-electron chi connectivity index (χ1n) is 4.82. The number of carboxylic acid groups (broad SMARTS) is 1. The highest BCUT2D eigenvalue weighted by molar-refractivity contribution is 5.84. The maximum absolute atomic E-state index is 11.5. The van der Waals surface area contributed by atoms with Crippen molar-refractivity contribution in [3.63, 3.8) is 0 Å². The van der Waals surface area contributed by atoms with Crippen LogP contribution in [0, 0.1) is 0 Å². The molecule has 1 aromatic carbocycles. The fraction of sp³-hybridized carbons (Fsp3) is 0. The highest BCUT2D eigenvalue weighted by atomic mass is 16.4. The monoisotopic (exact) mass is 248 g/mol. The van der Waals surface area contributed by atoms with Crippen molar-refractivity contribution in [2.75, 3.05) is 5.73 Å². The van der Waals surface area contributed by atoms with Crippen LogP contribution in [-0.4, -0.2) is 25.8 Å². The summed E-state index contributed by atoms with van der Waals surface area (Å²) in [5, 5.41) is 12.2. The molecule has 0 saturated heterocycles. The molecule has 2 aromatic rings. The molecule has 0 bridgehead atoms. The Balaban J connectivity index is 2.68. The lowest BCUT2D eigenvalue weighted by Gasteiger charge is -2.04. The number of aromatic amines is 1. The average Bonchev–Trinajstić information content (AvgIpc) is 2.30. The van der Waals surface area contributed by atoms with Gasteiger partial charge in [0.25, 0.3) is 5.56 Å². The Labute approximate surface area is 99.3 Å². The summed E-state index contributed by atoms with van der Waals surface area (Å²) < 4.78 is 0.782. The molecule has 8 nitrogen and oxygen atoms in total. The zero-order chi connectivity index (χ0) is 13.3. The number of anilines is 1. The van der Waals surface area contributed by atoms with E-state index in [0.717, 1.165) is 4.68 Å². The number of hydrogen-bond acceptors (Lipinski definition) is 5. The van der Waals surface area contributed by atoms with E-state index in [1.54, 1.807) is 0 Å². The summed E-state index contributed by atoms with van der Waals surface area (Å²) in [7, 11) is 0. The Morgan fingerprint density at radius 2 is 1.89 bits per heavy atom. The molecule has 2 rings (SSSR count). The van der Waals surface area contributed by atoms with Crippen LogP contribution >= 0.6 is 0 Å². The highest BCUT2D eigenvalue weighted by Crippen LogP contribution is 2.07. The zero-order valence-corrected chi connectivity index (χ0v) is 8.95. The Kier molecular flexibility index (Phi) is 2.68. The van der Waals surface area contributed by atoms with Gasteiger partial charge in [-0.2, -0.15) is 9.78 Å². The van der Waals surface area contributed by atoms with Crippen LogP contribution in [0.25, 0.3) is 5.69 Å². The molecule has 0 unspecified atom stereocenters. The molecule has 8 heteroatoms. The number of aromatic nitrogens is 3. The fourth-order valence-electron chi connectivity index (χ4n) is 1.33. The normalized spacial score (nSPS) is 10.2. The van der Waals surface area contributed by atoms with E-state index >= 15 is 0 Å². The van der Waals surface area contributed by atoms with E-state index in [1.165, 1.54) is 24.3 Å². The SMILES string of the molecule is Nc1ccc(-n2nc(C(=O)O)c(=O)[nH]c2=O)cc1. The molecular formula is C10H8N4O4. The number of carboxylic acids is 1. The van der Waals surface area contributed by atoms with Crippen LogP contribution in [0.5, 0.6) is 0 Å². The topological polar surface area (TPSA) is 131 Å². The Bertz CT molecular complexity index is 714. The molecule has 92 valence electrons. The van der Waals surface area contributed by atoms with E-state index in [1.807, 2.05) is 4.98 Å². The van der Waals surface area contributed by atoms with Gasteiger partial charge in [0.2, 0.25) is 5.69 Å². The molecule has 0 aliphatic carbocycles. The third-order valence-corrected chi connectivity index (χ3v) is 2.17. The Morgan fingerprint density at radius 1 is 1.28 bits per heavy atom. The maximum atomic E-state index is 11.5. The highest BCUT2D eigenvalue weighted by Gasteiger charge is 2.14. The number of nitrogens with two attached hydrogens (primary N) is 1. The summed E-state index contributed by atoms with van der Waals surface area (Å²) in [5.74, 6) is -1.51. The lowest BCUT2D eigenvalue weighted by molar-refractivity contribution is 0.0685. The van der Waals surface area contributed by atoms with Gasteiger partial charge in [-0.1, -0.05) is 0 Å². The molecule has 0 radical (unpaired) electrons. The second-order valence-electron chi connectivity index (χ2n) is 3.42. The molecule has 0 saturated carbocycles. The maximum Gasteiger partial charge on any atom is 0.362 e. The number of nitrogens with zero attached hydrogens (tertiary/aromatic N) is 2. The van der Waals surface area contributed by atoms with Gasteiger partial charge in [0.05, 0.1) is 5.69 Å². The molecule has 0 atom stereocenters. The number of H-pyrrole nitrogens is 1. The van der Waals surface area contributed by atoms with Gasteiger partial charge in [-0.05, 0) is 24.3 Å². The van der Waals surface area contributed by atoms with E-state index in [0.29, 0.717) is 11.4 Å². The van der Waals surface area contributed by atoms with Gasteiger partial charge in [0.15, 0.2) is 0 Å². The largest absolute Gasteiger partial charge is 0.476 e. The lowest BCUT2D eigenvalue weighted by Crippen LogP contribution is -2.35. The van der Waals surface area contributed by atoms with Gasteiger partial charge < -0.3 is 10.8 Å². The van der Waals surface area contributed by atoms with E-state index in [4.69, 9.17) is 10.8 Å². The predicted octanol–water partition coefficient (Wildman–Crippen LogP) is -0.799. The second-order valence-corrected chi connectivity index (χ2v) is 3.42. The number of benzene rings is 1. The van der Waals surface area contributed by atoms with Crippen LogP contribution in [0.15, 0.2) is 33.9 Å². The number of nitrogens with one attached hydrogen (secondary N) is 1. The van der Waals surface area contributed by atoms with Crippen LogP contribution in [0.1, 0.15) is 10.5 Å². The van der Waals surface area contributed by atoms with Gasteiger partial charge in [0.1, 0.15) is 0 Å². The minimum Gasteiger partial charge on any atom is -0.476 e. The Morgan fingerprint density at radius 3 is 2.44 bits per heavy atom. The summed E-state index contributed by atoms with van der Waals surface area (Å²) >= 11 is 0. The Hall–Kier alpha value is -2.90. The van der Waals surface area contributed by atoms with Gasteiger partial charge in [-0.15, -0.1) is 0 Å². The number of hydrogen-bond donors (Lipinski definition) is 3. The van der Waals surface area contributed by atoms with Gasteiger partial charge in [-0.3, -0.25) is 9.78 Å². The third-order valence-electron chi connectivity index (χ3n) is 2.17. The van der Waals surface area contributed by atoms with E-state index in [2.05, 4.69) is 5.10 Å². The number of carbonyl (C=O) groups is 1. The predicted molar refractivity (Wildman–Crippen MR) is 61.8 cm³/mol. The van der Waals surface area contributed by atoms with Crippen molar-refractivity contribution in [2.24, 2.45) is 0 Å². The van der Waals surface area contributed by atoms with Crippen molar-refractivity contribution >= 4 is 11.7 Å². The first-order chi connectivity index (χ1) is 8.49. The van der Waals surface area contributed by atoms with Crippen molar-refractivity contribution < 1.29 is 9.90 Å². The molecule has 0 amide bonds. The molecule has 0 spiro atoms. The summed E-state index contributed by atoms with van der Waals surface area (Å²) in [5.41, 5.74) is 3.64. The quantitative estimate of drug-likeness (QED) is 0.596. The molecule has 0 fully saturated rings. The standard InChI is InChI=1S/C10H8N4O4/c11-5-1-3-6(4-2-5)14-10(18)12-8(15)7(13-14)9(16)17/h1-4H,11H2,(H,16,17)(H,12,15,18). The molecule has 0 aliphatic rings. The van der Waals surface area contributed by atoms with Crippen LogP contribution in [0.2, 0.25) is 0 Å². The third kappa shape index (κ3) is 1.98. The summed E-state index contributed by atoms with van der Waals surface area (Å²) in [4.78, 5) is 35.3. The van der Waals surface area contributed by atoms with Crippen molar-refractivity contribution in [1.82, 2.24) is 14.8 Å². The van der Waals surface area contributed by atoms with E-state index in [-0.39, 0.29) is 0 Å². The van der Waals surface area contributed by atoms with Gasteiger partial charge >= 0.3 is 11.7 Å². The lowest BCUT2D eigenvalue weighted by atomic mass is 10.3. The van der Waals surface area contributed by atoms with Crippen molar-refractivity contribution in [3.05, 3.63) is 50.8 Å². The van der Waals surface area contributed by atoms with Crippen LogP contribution in [-0.2, 0) is 0 Å². The first-order valence-corrected chi connectivity index (χ1v) is 4.82. The fourth-order valence-corrected chi connectivity index (χ4v) is 1.33. The zero-order valence-electron chi connectivity index (χ0n) is 8.95. The first kappa shape index (κ1) is 11.6.